The minimum atomic E-state index is -1.34. The third-order valence-electron chi connectivity index (χ3n) is 12.7. The summed E-state index contributed by atoms with van der Waals surface area (Å²) in [5.74, 6) is -0.430. The largest absolute Gasteiger partial charge is 0.389 e. The van der Waals surface area contributed by atoms with Gasteiger partial charge in [0, 0.05) is 76.4 Å². The Labute approximate surface area is 375 Å². The van der Waals surface area contributed by atoms with Gasteiger partial charge in [-0.2, -0.15) is 0 Å². The Hall–Kier alpha value is -1.86. The zero-order chi connectivity index (χ0) is 47.1. The van der Waals surface area contributed by atoms with Gasteiger partial charge in [0.2, 0.25) is 11.8 Å². The van der Waals surface area contributed by atoms with Crippen LogP contribution in [0.15, 0.2) is 0 Å². The number of amides is 2. The van der Waals surface area contributed by atoms with Crippen LogP contribution in [0.5, 0.6) is 0 Å². The highest BCUT2D eigenvalue weighted by molar-refractivity contribution is 5.83. The fraction of sp³-hybridized carbons (Fsp3) is 0.950. The van der Waals surface area contributed by atoms with Crippen LogP contribution in [0.25, 0.3) is 0 Å². The monoisotopic (exact) mass is 925 g/mol. The van der Waals surface area contributed by atoms with Crippen molar-refractivity contribution in [2.75, 3.05) is 39.4 Å². The second-order valence-corrected chi connectivity index (χ2v) is 17.7. The third kappa shape index (κ3) is 15.3. The van der Waals surface area contributed by atoms with Crippen LogP contribution in [0, 0.1) is 0 Å². The fourth-order valence-corrected chi connectivity index (χ4v) is 8.59. The van der Waals surface area contributed by atoms with Crippen molar-refractivity contribution in [2.24, 2.45) is 45.9 Å². The zero-order valence-corrected chi connectivity index (χ0v) is 36.8. The van der Waals surface area contributed by atoms with E-state index in [2.05, 4.69) is 10.6 Å². The number of aliphatic hydroxyl groups is 6. The molecule has 0 aromatic heterocycles. The standard InChI is InChI=1S/C40H80N10O14/c41-17-23-31(55)33(57)27(47)39(61-23)63-35-21(45)15-19(43)29(53)37(35)59-13-7-3-1-5-11-49-25(51)9-10-26(52)50-12-6-2-4-8-14-60-38-30(54)20(44)16-22(46)36(38)64-40-28(48)34(58)32(56)24(18-42)62-40/h19-24,27-40,53-58H,1-18,41-48H2,(H,49,51)(H,50,52). The van der Waals surface area contributed by atoms with Gasteiger partial charge < -0.3 is 116 Å². The van der Waals surface area contributed by atoms with Crippen molar-refractivity contribution in [2.45, 2.75) is 199 Å². The number of unbranched alkanes of at least 4 members (excludes halogenated alkanes) is 6. The van der Waals surface area contributed by atoms with Gasteiger partial charge in [-0.15, -0.1) is 0 Å². The Balaban J connectivity index is 1.02. The van der Waals surface area contributed by atoms with Crippen LogP contribution in [0.3, 0.4) is 0 Å². The Morgan fingerprint density at radius 2 is 0.844 bits per heavy atom. The minimum Gasteiger partial charge on any atom is -0.389 e. The second-order valence-electron chi connectivity index (χ2n) is 17.7. The lowest BCUT2D eigenvalue weighted by molar-refractivity contribution is -0.291. The van der Waals surface area contributed by atoms with Crippen molar-refractivity contribution < 1.29 is 68.6 Å². The molecule has 20 atom stereocenters. The molecule has 0 radical (unpaired) electrons. The van der Waals surface area contributed by atoms with Crippen LogP contribution in [0.1, 0.15) is 77.0 Å². The van der Waals surface area contributed by atoms with Gasteiger partial charge in [0.05, 0.1) is 24.3 Å². The molecule has 24 heteroatoms. The molecule has 2 saturated carbocycles. The summed E-state index contributed by atoms with van der Waals surface area (Å²) in [6.07, 6.45) is -8.44. The first kappa shape index (κ1) is 54.7. The molecule has 0 spiro atoms. The molecule has 0 aromatic carbocycles. The van der Waals surface area contributed by atoms with E-state index in [-0.39, 0.29) is 63.8 Å². The van der Waals surface area contributed by atoms with E-state index in [1.165, 1.54) is 0 Å². The smallest absolute Gasteiger partial charge is 0.220 e. The highest BCUT2D eigenvalue weighted by Gasteiger charge is 2.50. The summed E-state index contributed by atoms with van der Waals surface area (Å²) in [4.78, 5) is 24.7. The predicted octanol–water partition coefficient (Wildman–Crippen LogP) is -7.04. The molecule has 20 unspecified atom stereocenters. The number of carbonyl (C=O) groups excluding carboxylic acids is 2. The van der Waals surface area contributed by atoms with E-state index in [1.807, 2.05) is 0 Å². The molecule has 4 rings (SSSR count). The summed E-state index contributed by atoms with van der Waals surface area (Å²) in [5.41, 5.74) is 48.4. The molecule has 24 nitrogen and oxygen atoms in total. The molecule has 0 aromatic rings. The minimum absolute atomic E-state index is 0.0669. The quantitative estimate of drug-likeness (QED) is 0.0378. The molecule has 4 aliphatic rings. The summed E-state index contributed by atoms with van der Waals surface area (Å²) >= 11 is 0. The van der Waals surface area contributed by atoms with Gasteiger partial charge in [0.1, 0.15) is 61.0 Å². The van der Waals surface area contributed by atoms with E-state index >= 15 is 0 Å². The first-order valence-corrected chi connectivity index (χ1v) is 22.9. The number of nitrogens with one attached hydrogen (secondary N) is 2. The maximum Gasteiger partial charge on any atom is 0.220 e. The zero-order valence-electron chi connectivity index (χ0n) is 36.8. The van der Waals surface area contributed by atoms with Crippen LogP contribution in [0.4, 0.5) is 0 Å². The number of hydrogen-bond donors (Lipinski definition) is 16. The lowest BCUT2D eigenvalue weighted by Gasteiger charge is -2.46. The van der Waals surface area contributed by atoms with Gasteiger partial charge in [-0.1, -0.05) is 25.7 Å². The Bertz CT molecular complexity index is 1270. The van der Waals surface area contributed by atoms with Crippen molar-refractivity contribution in [3.63, 3.8) is 0 Å². The van der Waals surface area contributed by atoms with Gasteiger partial charge >= 0.3 is 0 Å². The molecule has 2 aliphatic carbocycles. The maximum absolute atomic E-state index is 12.3. The summed E-state index contributed by atoms with van der Waals surface area (Å²) in [7, 11) is 0. The molecular formula is C40H80N10O14. The van der Waals surface area contributed by atoms with Crippen LogP contribution < -0.4 is 56.5 Å². The van der Waals surface area contributed by atoms with Gasteiger partial charge in [-0.05, 0) is 38.5 Å². The van der Waals surface area contributed by atoms with Crippen molar-refractivity contribution in [1.82, 2.24) is 10.6 Å². The van der Waals surface area contributed by atoms with E-state index in [0.29, 0.717) is 25.9 Å². The molecule has 24 N–H and O–H groups in total. The molecule has 2 aliphatic heterocycles. The first-order valence-electron chi connectivity index (χ1n) is 22.9. The van der Waals surface area contributed by atoms with Crippen LogP contribution in [0.2, 0.25) is 0 Å². The Morgan fingerprint density at radius 1 is 0.484 bits per heavy atom. The van der Waals surface area contributed by atoms with Gasteiger partial charge in [-0.25, -0.2) is 0 Å². The average Bonchev–Trinajstić information content (AvgIpc) is 3.27. The molecular weight excluding hydrogens is 844 g/mol. The highest BCUT2D eigenvalue weighted by atomic mass is 16.7. The lowest BCUT2D eigenvalue weighted by atomic mass is 9.84. The van der Waals surface area contributed by atoms with E-state index in [4.69, 9.17) is 74.3 Å². The molecule has 2 amide bonds. The lowest BCUT2D eigenvalue weighted by Crippen LogP contribution is -2.67. The van der Waals surface area contributed by atoms with Crippen molar-refractivity contribution >= 4 is 11.8 Å². The molecule has 2 saturated heterocycles. The SMILES string of the molecule is NCC1OC(OC2C(N)CC(N)C(O)C2OCCCCCCNC(=O)CCC(=O)NCCCCCCOC2C(O)C(N)CC(N)C2OC2OC(CN)C(O)C(O)C2N)C(N)C(O)C1O. The molecule has 0 bridgehead atoms. The summed E-state index contributed by atoms with van der Waals surface area (Å²) in [6, 6.07) is -4.70. The third-order valence-corrected chi connectivity index (χ3v) is 12.7. The first-order chi connectivity index (χ1) is 30.5. The van der Waals surface area contributed by atoms with Gasteiger partial charge in [0.15, 0.2) is 12.6 Å². The van der Waals surface area contributed by atoms with E-state index in [1.54, 1.807) is 0 Å². The van der Waals surface area contributed by atoms with E-state index in [0.717, 1.165) is 38.5 Å². The Morgan fingerprint density at radius 3 is 1.20 bits per heavy atom. The molecule has 2 heterocycles. The second kappa shape index (κ2) is 27.2. The van der Waals surface area contributed by atoms with Crippen molar-refractivity contribution in [1.29, 1.82) is 0 Å². The Kier molecular flexibility index (Phi) is 23.3. The molecule has 4 fully saturated rings. The van der Waals surface area contributed by atoms with Crippen molar-refractivity contribution in [3.05, 3.63) is 0 Å². The normalized spacial score (nSPS) is 40.5. The molecule has 64 heavy (non-hydrogen) atoms. The van der Waals surface area contributed by atoms with Crippen molar-refractivity contribution in [3.8, 4) is 0 Å². The molecule has 374 valence electrons. The fourth-order valence-electron chi connectivity index (χ4n) is 8.59. The summed E-state index contributed by atoms with van der Waals surface area (Å²) in [5, 5.41) is 68.5. The number of ether oxygens (including phenoxy) is 6. The van der Waals surface area contributed by atoms with E-state index in [9.17, 15) is 40.2 Å². The summed E-state index contributed by atoms with van der Waals surface area (Å²) in [6.45, 7) is 1.32. The van der Waals surface area contributed by atoms with Crippen LogP contribution in [-0.4, -0.2) is 204 Å². The maximum atomic E-state index is 12.3. The highest BCUT2D eigenvalue weighted by Crippen LogP contribution is 2.30. The van der Waals surface area contributed by atoms with E-state index < -0.39 is 122 Å². The predicted molar refractivity (Wildman–Crippen MR) is 230 cm³/mol. The van der Waals surface area contributed by atoms with Gasteiger partial charge in [-0.3, -0.25) is 9.59 Å². The number of aliphatic hydroxyl groups excluding tert-OH is 6. The van der Waals surface area contributed by atoms with Crippen LogP contribution in [-0.2, 0) is 38.0 Å². The topological polar surface area (TPSA) is 443 Å². The number of carbonyl (C=O) groups is 2. The van der Waals surface area contributed by atoms with Crippen LogP contribution >= 0.6 is 0 Å². The number of nitrogens with two attached hydrogens (primary N) is 8. The summed E-state index contributed by atoms with van der Waals surface area (Å²) < 4.78 is 35.6. The number of hydrogen-bond acceptors (Lipinski definition) is 22. The number of rotatable bonds is 25. The average molecular weight is 925 g/mol. The van der Waals surface area contributed by atoms with Gasteiger partial charge in [0.25, 0.3) is 0 Å².